The Kier molecular flexibility index (Phi) is 8.54. The lowest BCUT2D eigenvalue weighted by Gasteiger charge is -2.16. The van der Waals surface area contributed by atoms with Crippen LogP contribution in [-0.2, 0) is 11.3 Å². The Bertz CT molecular complexity index is 326. The number of ether oxygens (including phenoxy) is 1. The topological polar surface area (TPSA) is 37.6 Å². The van der Waals surface area contributed by atoms with Crippen molar-refractivity contribution in [2.45, 2.75) is 33.2 Å². The molecule has 0 aliphatic heterocycles. The van der Waals surface area contributed by atoms with Crippen molar-refractivity contribution in [2.24, 2.45) is 0 Å². The Morgan fingerprint density at radius 1 is 1.32 bits per heavy atom. The summed E-state index contributed by atoms with van der Waals surface area (Å²) in [7, 11) is 2.13. The van der Waals surface area contributed by atoms with Crippen molar-refractivity contribution in [3.05, 3.63) is 23.7 Å². The van der Waals surface area contributed by atoms with E-state index in [2.05, 4.69) is 24.2 Å². The molecular formula is C15H28N2O2. The van der Waals surface area contributed by atoms with E-state index in [1.165, 1.54) is 12.0 Å². The number of unbranched alkanes of at least 4 members (excludes halogenated alkanes) is 1. The van der Waals surface area contributed by atoms with Gasteiger partial charge in [-0.3, -0.25) is 0 Å². The summed E-state index contributed by atoms with van der Waals surface area (Å²) < 4.78 is 10.8. The lowest BCUT2D eigenvalue weighted by Crippen LogP contribution is -2.30. The van der Waals surface area contributed by atoms with E-state index in [9.17, 15) is 0 Å². The maximum absolute atomic E-state index is 5.49. The van der Waals surface area contributed by atoms with Gasteiger partial charge in [0.2, 0.25) is 0 Å². The van der Waals surface area contributed by atoms with E-state index in [4.69, 9.17) is 9.15 Å². The molecule has 1 aromatic rings. The molecule has 0 aliphatic rings. The number of nitrogens with one attached hydrogen (secondary N) is 1. The Balaban J connectivity index is 1.96. The van der Waals surface area contributed by atoms with E-state index in [0.29, 0.717) is 0 Å². The zero-order valence-corrected chi connectivity index (χ0v) is 12.6. The summed E-state index contributed by atoms with van der Waals surface area (Å²) >= 11 is 0. The number of hydrogen-bond acceptors (Lipinski definition) is 4. The van der Waals surface area contributed by atoms with Crippen LogP contribution in [0.2, 0.25) is 0 Å². The van der Waals surface area contributed by atoms with Gasteiger partial charge in [-0.15, -0.1) is 0 Å². The van der Waals surface area contributed by atoms with E-state index >= 15 is 0 Å². The molecule has 0 saturated carbocycles. The third-order valence-corrected chi connectivity index (χ3v) is 3.14. The summed E-state index contributed by atoms with van der Waals surface area (Å²) in [4.78, 5) is 2.29. The normalized spacial score (nSPS) is 11.4. The van der Waals surface area contributed by atoms with E-state index in [-0.39, 0.29) is 0 Å². The first kappa shape index (κ1) is 16.2. The van der Waals surface area contributed by atoms with Gasteiger partial charge in [0.05, 0.1) is 12.9 Å². The molecule has 0 spiro atoms. The standard InChI is InChI=1S/C15H28N2O2/c1-4-5-10-18-12-8-16-7-9-17(3)13-15-6-11-19-14(15)2/h6,11,16H,4-5,7-10,12-13H2,1-3H3. The van der Waals surface area contributed by atoms with Crippen molar-refractivity contribution >= 4 is 0 Å². The highest BCUT2D eigenvalue weighted by Crippen LogP contribution is 2.10. The fourth-order valence-corrected chi connectivity index (χ4v) is 1.83. The quantitative estimate of drug-likeness (QED) is 0.626. The molecule has 1 aromatic heterocycles. The molecule has 1 N–H and O–H groups in total. The molecule has 0 aromatic carbocycles. The van der Waals surface area contributed by atoms with Gasteiger partial charge in [-0.1, -0.05) is 13.3 Å². The van der Waals surface area contributed by atoms with Crippen LogP contribution in [0.15, 0.2) is 16.7 Å². The smallest absolute Gasteiger partial charge is 0.105 e. The van der Waals surface area contributed by atoms with Gasteiger partial charge >= 0.3 is 0 Å². The first-order valence-corrected chi connectivity index (χ1v) is 7.24. The first-order valence-electron chi connectivity index (χ1n) is 7.24. The minimum Gasteiger partial charge on any atom is -0.469 e. The number of hydrogen-bond donors (Lipinski definition) is 1. The lowest BCUT2D eigenvalue weighted by atomic mass is 10.2. The van der Waals surface area contributed by atoms with Crippen LogP contribution in [0.1, 0.15) is 31.1 Å². The number of furan rings is 1. The molecule has 19 heavy (non-hydrogen) atoms. The van der Waals surface area contributed by atoms with Gasteiger partial charge < -0.3 is 19.4 Å². The van der Waals surface area contributed by atoms with Gasteiger partial charge in [0.25, 0.3) is 0 Å². The molecule has 0 aliphatic carbocycles. The van der Waals surface area contributed by atoms with Gasteiger partial charge in [0, 0.05) is 38.3 Å². The Labute approximate surface area is 117 Å². The van der Waals surface area contributed by atoms with Crippen LogP contribution in [0.25, 0.3) is 0 Å². The number of aryl methyl sites for hydroxylation is 1. The predicted octanol–water partition coefficient (Wildman–Crippen LogP) is 2.43. The molecule has 0 atom stereocenters. The Hall–Kier alpha value is -0.840. The molecule has 0 amide bonds. The van der Waals surface area contributed by atoms with Crippen LogP contribution < -0.4 is 5.32 Å². The summed E-state index contributed by atoms with van der Waals surface area (Å²) in [5.41, 5.74) is 1.27. The predicted molar refractivity (Wildman–Crippen MR) is 78.4 cm³/mol. The molecule has 1 rings (SSSR count). The van der Waals surface area contributed by atoms with Crippen molar-refractivity contribution in [1.82, 2.24) is 10.2 Å². The van der Waals surface area contributed by atoms with Crippen LogP contribution in [0.5, 0.6) is 0 Å². The maximum atomic E-state index is 5.49. The zero-order chi connectivity index (χ0) is 13.9. The van der Waals surface area contributed by atoms with E-state index in [0.717, 1.165) is 51.6 Å². The largest absolute Gasteiger partial charge is 0.469 e. The Morgan fingerprint density at radius 3 is 2.84 bits per heavy atom. The summed E-state index contributed by atoms with van der Waals surface area (Å²) in [6.07, 6.45) is 4.11. The summed E-state index contributed by atoms with van der Waals surface area (Å²) in [5, 5.41) is 3.40. The van der Waals surface area contributed by atoms with Crippen LogP contribution in [-0.4, -0.2) is 44.8 Å². The van der Waals surface area contributed by atoms with Crippen LogP contribution in [0.3, 0.4) is 0 Å². The molecule has 4 heteroatoms. The monoisotopic (exact) mass is 268 g/mol. The van der Waals surface area contributed by atoms with Crippen LogP contribution in [0, 0.1) is 6.92 Å². The molecule has 0 bridgehead atoms. The third-order valence-electron chi connectivity index (χ3n) is 3.14. The molecule has 0 unspecified atom stereocenters. The summed E-state index contributed by atoms with van der Waals surface area (Å²) in [5.74, 6) is 1.02. The summed E-state index contributed by atoms with van der Waals surface area (Å²) in [6, 6.07) is 2.04. The highest BCUT2D eigenvalue weighted by atomic mass is 16.5. The fraction of sp³-hybridized carbons (Fsp3) is 0.733. The van der Waals surface area contributed by atoms with E-state index in [1.807, 2.05) is 13.0 Å². The van der Waals surface area contributed by atoms with Crippen molar-refractivity contribution < 1.29 is 9.15 Å². The molecule has 0 saturated heterocycles. The fourth-order valence-electron chi connectivity index (χ4n) is 1.83. The minimum absolute atomic E-state index is 0.810. The first-order chi connectivity index (χ1) is 9.24. The van der Waals surface area contributed by atoms with Crippen LogP contribution in [0.4, 0.5) is 0 Å². The van der Waals surface area contributed by atoms with Gasteiger partial charge in [-0.05, 0) is 26.5 Å². The molecule has 0 radical (unpaired) electrons. The van der Waals surface area contributed by atoms with Crippen molar-refractivity contribution in [3.63, 3.8) is 0 Å². The van der Waals surface area contributed by atoms with Gasteiger partial charge in [0.15, 0.2) is 0 Å². The molecule has 0 fully saturated rings. The zero-order valence-electron chi connectivity index (χ0n) is 12.6. The summed E-state index contributed by atoms with van der Waals surface area (Å²) in [6.45, 7) is 9.78. The lowest BCUT2D eigenvalue weighted by molar-refractivity contribution is 0.132. The number of likely N-dealkylation sites (N-methyl/N-ethyl adjacent to an activating group) is 1. The van der Waals surface area contributed by atoms with Gasteiger partial charge in [-0.2, -0.15) is 0 Å². The second kappa shape index (κ2) is 10.0. The second-order valence-corrected chi connectivity index (χ2v) is 4.96. The highest BCUT2D eigenvalue weighted by molar-refractivity contribution is 5.14. The molecule has 4 nitrogen and oxygen atoms in total. The minimum atomic E-state index is 0.810. The van der Waals surface area contributed by atoms with Gasteiger partial charge in [-0.25, -0.2) is 0 Å². The van der Waals surface area contributed by atoms with Crippen LogP contribution >= 0.6 is 0 Å². The van der Waals surface area contributed by atoms with Gasteiger partial charge in [0.1, 0.15) is 5.76 Å². The third kappa shape index (κ3) is 7.35. The van der Waals surface area contributed by atoms with E-state index < -0.39 is 0 Å². The average Bonchev–Trinajstić information content (AvgIpc) is 2.78. The molecule has 1 heterocycles. The number of rotatable bonds is 11. The van der Waals surface area contributed by atoms with E-state index in [1.54, 1.807) is 6.26 Å². The molecular weight excluding hydrogens is 240 g/mol. The number of nitrogens with zero attached hydrogens (tertiary/aromatic N) is 1. The Morgan fingerprint density at radius 2 is 2.16 bits per heavy atom. The average molecular weight is 268 g/mol. The van der Waals surface area contributed by atoms with Crippen molar-refractivity contribution in [1.29, 1.82) is 0 Å². The second-order valence-electron chi connectivity index (χ2n) is 4.96. The maximum Gasteiger partial charge on any atom is 0.105 e. The highest BCUT2D eigenvalue weighted by Gasteiger charge is 2.04. The molecule has 110 valence electrons. The van der Waals surface area contributed by atoms with Crippen molar-refractivity contribution in [2.75, 3.05) is 39.9 Å². The SMILES string of the molecule is CCCCOCCNCCN(C)Cc1ccoc1C. The van der Waals surface area contributed by atoms with Crippen molar-refractivity contribution in [3.8, 4) is 0 Å².